The van der Waals surface area contributed by atoms with Crippen LogP contribution in [-0.4, -0.2) is 33.5 Å². The first-order valence-electron chi connectivity index (χ1n) is 10.1. The van der Waals surface area contributed by atoms with E-state index in [1.54, 1.807) is 32.0 Å². The summed E-state index contributed by atoms with van der Waals surface area (Å²) in [5.41, 5.74) is 1.52. The molecule has 162 valence electrons. The van der Waals surface area contributed by atoms with Crippen molar-refractivity contribution in [3.63, 3.8) is 0 Å². The van der Waals surface area contributed by atoms with Crippen molar-refractivity contribution in [2.75, 3.05) is 18.4 Å². The lowest BCUT2D eigenvalue weighted by molar-refractivity contribution is 0.102. The molecule has 1 fully saturated rings. The molecule has 1 atom stereocenters. The lowest BCUT2D eigenvalue weighted by Gasteiger charge is -2.28. The summed E-state index contributed by atoms with van der Waals surface area (Å²) in [6, 6.07) is 9.09. The van der Waals surface area contributed by atoms with Gasteiger partial charge in [0.15, 0.2) is 0 Å². The predicted octanol–water partition coefficient (Wildman–Crippen LogP) is 3.36. The summed E-state index contributed by atoms with van der Waals surface area (Å²) in [6.45, 7) is 6.93. The van der Waals surface area contributed by atoms with Gasteiger partial charge < -0.3 is 10.6 Å². The van der Waals surface area contributed by atoms with Gasteiger partial charge in [0.2, 0.25) is 10.0 Å². The Hall–Kier alpha value is -2.29. The molecule has 0 saturated carbocycles. The van der Waals surface area contributed by atoms with E-state index in [0.29, 0.717) is 11.1 Å². The van der Waals surface area contributed by atoms with E-state index in [-0.39, 0.29) is 22.5 Å². The van der Waals surface area contributed by atoms with Crippen molar-refractivity contribution in [2.45, 2.75) is 44.6 Å². The van der Waals surface area contributed by atoms with Crippen molar-refractivity contribution in [1.82, 2.24) is 10.0 Å². The Labute approximate surface area is 177 Å². The molecule has 3 N–H and O–H groups in total. The molecule has 1 aliphatic rings. The van der Waals surface area contributed by atoms with Crippen molar-refractivity contribution in [2.24, 2.45) is 5.92 Å². The van der Waals surface area contributed by atoms with Crippen molar-refractivity contribution >= 4 is 21.6 Å². The molecule has 3 rings (SSSR count). The molecule has 0 bridgehead atoms. The van der Waals surface area contributed by atoms with Gasteiger partial charge in [0.1, 0.15) is 5.82 Å². The van der Waals surface area contributed by atoms with Gasteiger partial charge in [-0.05, 0) is 81.9 Å². The number of halogens is 1. The highest BCUT2D eigenvalue weighted by Gasteiger charge is 2.26. The Balaban J connectivity index is 1.79. The minimum absolute atomic E-state index is 0.0198. The molecule has 30 heavy (non-hydrogen) atoms. The fourth-order valence-corrected chi connectivity index (χ4v) is 5.20. The Morgan fingerprint density at radius 2 is 1.80 bits per heavy atom. The Bertz CT molecular complexity index is 1010. The molecule has 0 spiro atoms. The smallest absolute Gasteiger partial charge is 0.256 e. The molecule has 0 aliphatic carbocycles. The van der Waals surface area contributed by atoms with E-state index in [0.717, 1.165) is 37.6 Å². The highest BCUT2D eigenvalue weighted by Crippen LogP contribution is 2.26. The fourth-order valence-electron chi connectivity index (χ4n) is 3.79. The Morgan fingerprint density at radius 1 is 1.13 bits per heavy atom. The van der Waals surface area contributed by atoms with Crippen molar-refractivity contribution in [3.05, 3.63) is 58.9 Å². The number of benzene rings is 2. The van der Waals surface area contributed by atoms with Crippen LogP contribution in [0.25, 0.3) is 0 Å². The van der Waals surface area contributed by atoms with Crippen molar-refractivity contribution < 1.29 is 17.6 Å². The van der Waals surface area contributed by atoms with Gasteiger partial charge in [0.05, 0.1) is 10.6 Å². The zero-order valence-electron chi connectivity index (χ0n) is 17.5. The Morgan fingerprint density at radius 3 is 2.43 bits per heavy atom. The van der Waals surface area contributed by atoms with Crippen LogP contribution < -0.4 is 15.4 Å². The first-order chi connectivity index (χ1) is 14.2. The summed E-state index contributed by atoms with van der Waals surface area (Å²) >= 11 is 0. The SMILES string of the molecule is Cc1ccccc1C(=O)Nc1c(C)cc(S(=O)(=O)N[C@H](C)C2CCNCC2)cc1F. The number of sulfonamides is 1. The molecule has 0 aromatic heterocycles. The van der Waals surface area contributed by atoms with Gasteiger partial charge in [-0.15, -0.1) is 0 Å². The van der Waals surface area contributed by atoms with E-state index in [2.05, 4.69) is 15.4 Å². The normalized spacial score (nSPS) is 16.3. The number of nitrogens with one attached hydrogen (secondary N) is 3. The molecule has 8 heteroatoms. The number of rotatable bonds is 6. The third-order valence-electron chi connectivity index (χ3n) is 5.63. The highest BCUT2D eigenvalue weighted by molar-refractivity contribution is 7.89. The second-order valence-electron chi connectivity index (χ2n) is 7.86. The van der Waals surface area contributed by atoms with Crippen molar-refractivity contribution in [3.8, 4) is 0 Å². The van der Waals surface area contributed by atoms with Crippen LogP contribution in [-0.2, 0) is 10.0 Å². The lowest BCUT2D eigenvalue weighted by atomic mass is 9.92. The summed E-state index contributed by atoms with van der Waals surface area (Å²) in [6.07, 6.45) is 1.78. The monoisotopic (exact) mass is 433 g/mol. The first kappa shape index (κ1) is 22.4. The van der Waals surface area contributed by atoms with Gasteiger partial charge >= 0.3 is 0 Å². The third kappa shape index (κ3) is 5.06. The standard InChI is InChI=1S/C22H28FN3O3S/c1-14-6-4-5-7-19(14)22(27)25-21-15(2)12-18(13-20(21)23)30(28,29)26-16(3)17-8-10-24-11-9-17/h4-7,12-13,16-17,24,26H,8-11H2,1-3H3,(H,25,27)/t16-/m1/s1. The van der Waals surface area contributed by atoms with Crippen LogP contribution in [0.4, 0.5) is 10.1 Å². The van der Waals surface area contributed by atoms with Gasteiger partial charge in [-0.2, -0.15) is 0 Å². The van der Waals surface area contributed by atoms with Crippen LogP contribution in [0.5, 0.6) is 0 Å². The van der Waals surface area contributed by atoms with Crippen LogP contribution in [0.15, 0.2) is 41.3 Å². The summed E-state index contributed by atoms with van der Waals surface area (Å²) in [4.78, 5) is 12.4. The number of carbonyl (C=O) groups excluding carboxylic acids is 1. The molecule has 2 aromatic rings. The lowest BCUT2D eigenvalue weighted by Crippen LogP contribution is -2.42. The average molecular weight is 434 g/mol. The number of aryl methyl sites for hydroxylation is 2. The average Bonchev–Trinajstić information content (AvgIpc) is 2.71. The molecule has 6 nitrogen and oxygen atoms in total. The zero-order chi connectivity index (χ0) is 21.9. The largest absolute Gasteiger partial charge is 0.319 e. The quantitative estimate of drug-likeness (QED) is 0.652. The highest BCUT2D eigenvalue weighted by atomic mass is 32.2. The van der Waals surface area contributed by atoms with Crippen LogP contribution in [0.2, 0.25) is 0 Å². The van der Waals surface area contributed by atoms with E-state index in [4.69, 9.17) is 0 Å². The Kier molecular flexibility index (Phi) is 6.90. The number of hydrogen-bond donors (Lipinski definition) is 3. The maximum Gasteiger partial charge on any atom is 0.256 e. The van der Waals surface area contributed by atoms with Crippen LogP contribution in [0.3, 0.4) is 0 Å². The number of hydrogen-bond acceptors (Lipinski definition) is 4. The van der Waals surface area contributed by atoms with E-state index in [1.807, 2.05) is 13.0 Å². The van der Waals surface area contributed by atoms with Gasteiger partial charge in [0.25, 0.3) is 5.91 Å². The summed E-state index contributed by atoms with van der Waals surface area (Å²) in [7, 11) is -3.88. The molecule has 1 heterocycles. The van der Waals surface area contributed by atoms with Gasteiger partial charge in [-0.1, -0.05) is 18.2 Å². The zero-order valence-corrected chi connectivity index (χ0v) is 18.3. The molecule has 0 unspecified atom stereocenters. The van der Waals surface area contributed by atoms with E-state index in [1.165, 1.54) is 6.07 Å². The first-order valence-corrected chi connectivity index (χ1v) is 11.6. The molecular weight excluding hydrogens is 405 g/mol. The number of piperidine rings is 1. The summed E-state index contributed by atoms with van der Waals surface area (Å²) < 4.78 is 43.1. The minimum Gasteiger partial charge on any atom is -0.319 e. The maximum absolute atomic E-state index is 14.8. The second-order valence-corrected chi connectivity index (χ2v) is 9.58. The molecule has 1 aliphatic heterocycles. The van der Waals surface area contributed by atoms with Gasteiger partial charge in [-0.3, -0.25) is 4.79 Å². The summed E-state index contributed by atoms with van der Waals surface area (Å²) in [5.74, 6) is -0.991. The molecule has 2 aromatic carbocycles. The predicted molar refractivity (Wildman–Crippen MR) is 116 cm³/mol. The summed E-state index contributed by atoms with van der Waals surface area (Å²) in [5, 5.41) is 5.83. The van der Waals surface area contributed by atoms with E-state index < -0.39 is 21.7 Å². The van der Waals surface area contributed by atoms with Gasteiger partial charge in [0, 0.05) is 11.6 Å². The van der Waals surface area contributed by atoms with E-state index in [9.17, 15) is 17.6 Å². The topological polar surface area (TPSA) is 87.3 Å². The molecule has 0 radical (unpaired) electrons. The van der Waals surface area contributed by atoms with Crippen LogP contribution >= 0.6 is 0 Å². The third-order valence-corrected chi connectivity index (χ3v) is 7.17. The molecular formula is C22H28FN3O3S. The van der Waals surface area contributed by atoms with E-state index >= 15 is 0 Å². The number of carbonyl (C=O) groups is 1. The minimum atomic E-state index is -3.88. The fraction of sp³-hybridized carbons (Fsp3) is 0.409. The van der Waals surface area contributed by atoms with Gasteiger partial charge in [-0.25, -0.2) is 17.5 Å². The molecule has 1 amide bonds. The maximum atomic E-state index is 14.8. The number of anilines is 1. The molecule has 1 saturated heterocycles. The van der Waals surface area contributed by atoms with Crippen LogP contribution in [0, 0.1) is 25.6 Å². The second kappa shape index (κ2) is 9.24. The van der Waals surface area contributed by atoms with Crippen LogP contribution in [0.1, 0.15) is 41.3 Å². The number of amides is 1. The van der Waals surface area contributed by atoms with Crippen molar-refractivity contribution in [1.29, 1.82) is 0 Å².